The Labute approximate surface area is 134 Å². The minimum atomic E-state index is -0.504. The number of aliphatic hydroxyl groups excluding tert-OH is 1. The van der Waals surface area contributed by atoms with E-state index in [9.17, 15) is 9.90 Å². The largest absolute Gasteiger partial charge is 0.458 e. The number of hydrogen-bond donors (Lipinski definition) is 1. The molecule has 0 aromatic carbocycles. The molecule has 22 heavy (non-hydrogen) atoms. The maximum absolute atomic E-state index is 12.0. The Bertz CT molecular complexity index is 355. The Kier molecular flexibility index (Phi) is 6.69. The molecular weight excluding hydrogens is 280 g/mol. The summed E-state index contributed by atoms with van der Waals surface area (Å²) in [5, 5.41) is 9.87. The zero-order valence-electron chi connectivity index (χ0n) is 14.3. The van der Waals surface area contributed by atoms with Gasteiger partial charge in [-0.05, 0) is 49.9 Å². The van der Waals surface area contributed by atoms with Gasteiger partial charge < -0.3 is 14.6 Å². The van der Waals surface area contributed by atoms with Gasteiger partial charge in [-0.25, -0.2) is 4.79 Å². The molecule has 0 spiro atoms. The zero-order chi connectivity index (χ0) is 16.1. The molecule has 0 saturated heterocycles. The van der Waals surface area contributed by atoms with Gasteiger partial charge in [0.2, 0.25) is 0 Å². The normalized spacial score (nSPS) is 36.3. The van der Waals surface area contributed by atoms with Crippen molar-refractivity contribution in [2.75, 3.05) is 6.61 Å². The van der Waals surface area contributed by atoms with Crippen molar-refractivity contribution in [1.29, 1.82) is 0 Å². The van der Waals surface area contributed by atoms with Crippen LogP contribution in [0.4, 0.5) is 0 Å². The van der Waals surface area contributed by atoms with Crippen LogP contribution in [0.25, 0.3) is 0 Å². The number of ether oxygens (including phenoxy) is 2. The Morgan fingerprint density at radius 3 is 2.55 bits per heavy atom. The first kappa shape index (κ1) is 17.7. The SMILES string of the molecule is CC(C)[C@H]1CC[C@@H](C)C[C@H]1OCC(=O)O[C@@H]1CCCC[C@@H]1O. The number of hydrogen-bond acceptors (Lipinski definition) is 4. The van der Waals surface area contributed by atoms with Gasteiger partial charge in [-0.3, -0.25) is 0 Å². The average Bonchev–Trinajstić information content (AvgIpc) is 2.47. The second-order valence-corrected chi connectivity index (χ2v) is 7.56. The van der Waals surface area contributed by atoms with Gasteiger partial charge in [-0.2, -0.15) is 0 Å². The van der Waals surface area contributed by atoms with Crippen molar-refractivity contribution in [3.05, 3.63) is 0 Å². The molecule has 2 fully saturated rings. The van der Waals surface area contributed by atoms with Crippen LogP contribution in [0.2, 0.25) is 0 Å². The van der Waals surface area contributed by atoms with E-state index in [4.69, 9.17) is 9.47 Å². The van der Waals surface area contributed by atoms with Crippen LogP contribution in [0.1, 0.15) is 65.7 Å². The number of carbonyl (C=O) groups excluding carboxylic acids is 1. The first-order chi connectivity index (χ1) is 10.5. The van der Waals surface area contributed by atoms with Crippen LogP contribution in [0.15, 0.2) is 0 Å². The molecule has 2 aliphatic carbocycles. The maximum atomic E-state index is 12.0. The lowest BCUT2D eigenvalue weighted by atomic mass is 9.75. The lowest BCUT2D eigenvalue weighted by Crippen LogP contribution is -2.38. The molecule has 2 saturated carbocycles. The molecule has 2 aliphatic rings. The molecule has 0 bridgehead atoms. The van der Waals surface area contributed by atoms with Crippen LogP contribution in [0.3, 0.4) is 0 Å². The van der Waals surface area contributed by atoms with Crippen LogP contribution in [0.5, 0.6) is 0 Å². The number of aliphatic hydroxyl groups is 1. The predicted octanol–water partition coefficient (Wildman–Crippen LogP) is 3.31. The van der Waals surface area contributed by atoms with Gasteiger partial charge >= 0.3 is 5.97 Å². The highest BCUT2D eigenvalue weighted by molar-refractivity contribution is 5.71. The van der Waals surface area contributed by atoms with E-state index in [0.29, 0.717) is 17.8 Å². The molecular formula is C18H32O4. The lowest BCUT2D eigenvalue weighted by molar-refractivity contribution is -0.167. The second kappa shape index (κ2) is 8.30. The van der Waals surface area contributed by atoms with Crippen molar-refractivity contribution in [1.82, 2.24) is 0 Å². The highest BCUT2D eigenvalue weighted by Crippen LogP contribution is 2.35. The molecule has 0 unspecified atom stereocenters. The average molecular weight is 312 g/mol. The predicted molar refractivity (Wildman–Crippen MR) is 85.4 cm³/mol. The summed E-state index contributed by atoms with van der Waals surface area (Å²) in [5.41, 5.74) is 0. The summed E-state index contributed by atoms with van der Waals surface area (Å²) in [6, 6.07) is 0. The van der Waals surface area contributed by atoms with Gasteiger partial charge in [0.05, 0.1) is 12.2 Å². The lowest BCUT2D eigenvalue weighted by Gasteiger charge is -2.37. The molecule has 1 N–H and O–H groups in total. The quantitative estimate of drug-likeness (QED) is 0.791. The molecule has 4 heteroatoms. The maximum Gasteiger partial charge on any atom is 0.332 e. The van der Waals surface area contributed by atoms with E-state index in [2.05, 4.69) is 20.8 Å². The summed E-state index contributed by atoms with van der Waals surface area (Å²) in [4.78, 5) is 12.0. The Morgan fingerprint density at radius 2 is 1.86 bits per heavy atom. The number of rotatable bonds is 5. The van der Waals surface area contributed by atoms with Gasteiger partial charge in [0.25, 0.3) is 0 Å². The van der Waals surface area contributed by atoms with E-state index in [-0.39, 0.29) is 24.8 Å². The third-order valence-corrected chi connectivity index (χ3v) is 5.33. The monoisotopic (exact) mass is 312 g/mol. The second-order valence-electron chi connectivity index (χ2n) is 7.56. The molecule has 0 aromatic rings. The molecule has 0 aromatic heterocycles. The van der Waals surface area contributed by atoms with Crippen molar-refractivity contribution in [3.63, 3.8) is 0 Å². The van der Waals surface area contributed by atoms with Gasteiger partial charge in [0, 0.05) is 0 Å². The van der Waals surface area contributed by atoms with Crippen LogP contribution in [-0.2, 0) is 14.3 Å². The molecule has 0 aliphatic heterocycles. The molecule has 128 valence electrons. The molecule has 2 rings (SSSR count). The third-order valence-electron chi connectivity index (χ3n) is 5.33. The first-order valence-corrected chi connectivity index (χ1v) is 8.96. The molecule has 0 heterocycles. The first-order valence-electron chi connectivity index (χ1n) is 8.96. The van der Waals surface area contributed by atoms with Crippen molar-refractivity contribution in [2.45, 2.75) is 84.0 Å². The van der Waals surface area contributed by atoms with E-state index in [1.807, 2.05) is 0 Å². The van der Waals surface area contributed by atoms with E-state index in [0.717, 1.165) is 32.1 Å². The van der Waals surface area contributed by atoms with Crippen molar-refractivity contribution >= 4 is 5.97 Å². The van der Waals surface area contributed by atoms with Crippen LogP contribution in [0, 0.1) is 17.8 Å². The summed E-state index contributed by atoms with van der Waals surface area (Å²) in [7, 11) is 0. The van der Waals surface area contributed by atoms with Gasteiger partial charge in [-0.1, -0.05) is 33.6 Å². The van der Waals surface area contributed by atoms with Crippen molar-refractivity contribution in [3.8, 4) is 0 Å². The summed E-state index contributed by atoms with van der Waals surface area (Å²) in [6.07, 6.45) is 6.31. The van der Waals surface area contributed by atoms with Crippen molar-refractivity contribution in [2.24, 2.45) is 17.8 Å². The molecule has 0 amide bonds. The highest BCUT2D eigenvalue weighted by atomic mass is 16.6. The molecule has 0 radical (unpaired) electrons. The fraction of sp³-hybridized carbons (Fsp3) is 0.944. The van der Waals surface area contributed by atoms with E-state index < -0.39 is 6.10 Å². The summed E-state index contributed by atoms with van der Waals surface area (Å²) in [6.45, 7) is 6.73. The third kappa shape index (κ3) is 4.95. The minimum Gasteiger partial charge on any atom is -0.458 e. The van der Waals surface area contributed by atoms with E-state index in [1.54, 1.807) is 0 Å². The topological polar surface area (TPSA) is 55.8 Å². The summed E-state index contributed by atoms with van der Waals surface area (Å²) < 4.78 is 11.3. The fourth-order valence-electron chi connectivity index (χ4n) is 3.90. The van der Waals surface area contributed by atoms with E-state index in [1.165, 1.54) is 12.8 Å². The summed E-state index contributed by atoms with van der Waals surface area (Å²) in [5.74, 6) is 1.45. The van der Waals surface area contributed by atoms with Crippen LogP contribution < -0.4 is 0 Å². The van der Waals surface area contributed by atoms with Crippen LogP contribution >= 0.6 is 0 Å². The highest BCUT2D eigenvalue weighted by Gasteiger charge is 2.32. The standard InChI is InChI=1S/C18H32O4/c1-12(2)14-9-8-13(3)10-17(14)21-11-18(20)22-16-7-5-4-6-15(16)19/h12-17,19H,4-11H2,1-3H3/t13-,14-,15+,16-,17-/m1/s1. The van der Waals surface area contributed by atoms with Gasteiger partial charge in [0.1, 0.15) is 12.7 Å². The number of esters is 1. The van der Waals surface area contributed by atoms with Crippen molar-refractivity contribution < 1.29 is 19.4 Å². The fourth-order valence-corrected chi connectivity index (χ4v) is 3.90. The Hall–Kier alpha value is -0.610. The zero-order valence-corrected chi connectivity index (χ0v) is 14.3. The van der Waals surface area contributed by atoms with Crippen LogP contribution in [-0.4, -0.2) is 36.0 Å². The van der Waals surface area contributed by atoms with E-state index >= 15 is 0 Å². The van der Waals surface area contributed by atoms with Gasteiger partial charge in [-0.15, -0.1) is 0 Å². The minimum absolute atomic E-state index is 0.0177. The molecule has 5 atom stereocenters. The number of carbonyl (C=O) groups is 1. The van der Waals surface area contributed by atoms with Gasteiger partial charge in [0.15, 0.2) is 0 Å². The Balaban J connectivity index is 1.78. The molecule has 4 nitrogen and oxygen atoms in total. The summed E-state index contributed by atoms with van der Waals surface area (Å²) >= 11 is 0. The Morgan fingerprint density at radius 1 is 1.14 bits per heavy atom. The smallest absolute Gasteiger partial charge is 0.332 e.